The number of amides is 2. The molecule has 17 heavy (non-hydrogen) atoms. The van der Waals surface area contributed by atoms with Gasteiger partial charge < -0.3 is 10.6 Å². The minimum Gasteiger partial charge on any atom is -0.368 e. The van der Waals surface area contributed by atoms with Crippen LogP contribution < -0.4 is 5.73 Å². The monoisotopic (exact) mass is 272 g/mol. The third-order valence-corrected chi connectivity index (χ3v) is 3.56. The van der Waals surface area contributed by atoms with Crippen LogP contribution in [0.25, 0.3) is 0 Å². The molecule has 0 bridgehead atoms. The molecule has 0 unspecified atom stereocenters. The molecule has 2 N–H and O–H groups in total. The second-order valence-corrected chi connectivity index (χ2v) is 5.14. The van der Waals surface area contributed by atoms with E-state index >= 15 is 0 Å². The van der Waals surface area contributed by atoms with Crippen LogP contribution in [0.2, 0.25) is 0 Å². The Morgan fingerprint density at radius 1 is 1.53 bits per heavy atom. The zero-order valence-electron chi connectivity index (χ0n) is 9.68. The minimum absolute atomic E-state index is 0.0291. The summed E-state index contributed by atoms with van der Waals surface area (Å²) in [6.45, 7) is 2.56. The van der Waals surface area contributed by atoms with E-state index in [1.807, 2.05) is 6.92 Å². The lowest BCUT2D eigenvalue weighted by atomic mass is 10.3. The second kappa shape index (κ2) is 6.66. The number of nitrogens with two attached hydrogens (primary N) is 1. The van der Waals surface area contributed by atoms with Gasteiger partial charge in [0.1, 0.15) is 0 Å². The zero-order chi connectivity index (χ0) is 12.8. The van der Waals surface area contributed by atoms with E-state index in [1.165, 1.54) is 16.2 Å². The molecule has 0 aliphatic heterocycles. The predicted molar refractivity (Wildman–Crippen MR) is 71.6 cm³/mol. The number of hydrogen-bond acceptors (Lipinski definition) is 4. The van der Waals surface area contributed by atoms with Gasteiger partial charge >= 0.3 is 0 Å². The van der Waals surface area contributed by atoms with E-state index in [1.54, 1.807) is 11.4 Å². The van der Waals surface area contributed by atoms with Crippen LogP contribution in [-0.2, 0) is 4.79 Å². The largest absolute Gasteiger partial charge is 0.368 e. The van der Waals surface area contributed by atoms with Gasteiger partial charge in [0.2, 0.25) is 5.91 Å². The average Bonchev–Trinajstić information content (AvgIpc) is 2.69. The number of primary amides is 1. The Hall–Kier alpha value is -1.01. The molecule has 1 rings (SSSR count). The standard InChI is InChI=1S/C11H16N2O2S2/c1-2-3-4-13(6-10(12)14)11(15)9-5-8(16)7-17-9/h5,7,16H,2-4,6H2,1H3,(H2,12,14). The highest BCUT2D eigenvalue weighted by molar-refractivity contribution is 7.80. The van der Waals surface area contributed by atoms with Gasteiger partial charge in [0.15, 0.2) is 0 Å². The molecule has 2 amide bonds. The molecule has 94 valence electrons. The fourth-order valence-electron chi connectivity index (χ4n) is 1.38. The Bertz CT molecular complexity index is 404. The molecule has 0 spiro atoms. The van der Waals surface area contributed by atoms with Crippen molar-refractivity contribution >= 4 is 35.8 Å². The highest BCUT2D eigenvalue weighted by Crippen LogP contribution is 2.19. The first-order valence-corrected chi connectivity index (χ1v) is 6.72. The van der Waals surface area contributed by atoms with E-state index in [9.17, 15) is 9.59 Å². The van der Waals surface area contributed by atoms with Crippen molar-refractivity contribution in [2.45, 2.75) is 24.7 Å². The Morgan fingerprint density at radius 2 is 2.24 bits per heavy atom. The van der Waals surface area contributed by atoms with Gasteiger partial charge in [-0.3, -0.25) is 9.59 Å². The second-order valence-electron chi connectivity index (χ2n) is 3.72. The highest BCUT2D eigenvalue weighted by atomic mass is 32.1. The van der Waals surface area contributed by atoms with Gasteiger partial charge in [-0.15, -0.1) is 24.0 Å². The SMILES string of the molecule is CCCCN(CC(N)=O)C(=O)c1cc(S)cs1. The summed E-state index contributed by atoms with van der Waals surface area (Å²) in [5, 5.41) is 1.79. The summed E-state index contributed by atoms with van der Waals surface area (Å²) in [6.07, 6.45) is 1.82. The molecule has 1 heterocycles. The minimum atomic E-state index is -0.489. The summed E-state index contributed by atoms with van der Waals surface area (Å²) >= 11 is 5.48. The lowest BCUT2D eigenvalue weighted by Gasteiger charge is -2.19. The summed E-state index contributed by atoms with van der Waals surface area (Å²) in [4.78, 5) is 25.9. The van der Waals surface area contributed by atoms with Crippen LogP contribution in [0.1, 0.15) is 29.4 Å². The van der Waals surface area contributed by atoms with Gasteiger partial charge in [0.05, 0.1) is 11.4 Å². The molecule has 0 aliphatic carbocycles. The van der Waals surface area contributed by atoms with Crippen LogP contribution in [0.4, 0.5) is 0 Å². The number of thiol groups is 1. The lowest BCUT2D eigenvalue weighted by molar-refractivity contribution is -0.118. The molecule has 6 heteroatoms. The molecule has 4 nitrogen and oxygen atoms in total. The van der Waals surface area contributed by atoms with E-state index in [4.69, 9.17) is 5.73 Å². The Kier molecular flexibility index (Phi) is 5.50. The van der Waals surface area contributed by atoms with Gasteiger partial charge in [-0.1, -0.05) is 13.3 Å². The fraction of sp³-hybridized carbons (Fsp3) is 0.455. The van der Waals surface area contributed by atoms with Gasteiger partial charge in [-0.05, 0) is 12.5 Å². The van der Waals surface area contributed by atoms with Crippen molar-refractivity contribution in [1.29, 1.82) is 0 Å². The van der Waals surface area contributed by atoms with Crippen molar-refractivity contribution in [2.24, 2.45) is 5.73 Å². The van der Waals surface area contributed by atoms with E-state index in [2.05, 4.69) is 12.6 Å². The normalized spacial score (nSPS) is 10.2. The molecule has 0 fully saturated rings. The van der Waals surface area contributed by atoms with Crippen molar-refractivity contribution < 1.29 is 9.59 Å². The maximum absolute atomic E-state index is 12.1. The van der Waals surface area contributed by atoms with Gasteiger partial charge in [-0.2, -0.15) is 0 Å². The van der Waals surface area contributed by atoms with E-state index < -0.39 is 5.91 Å². The molecule has 0 aliphatic rings. The smallest absolute Gasteiger partial charge is 0.264 e. The Labute approximate surface area is 110 Å². The first kappa shape index (κ1) is 14.1. The van der Waals surface area contributed by atoms with Crippen LogP contribution >= 0.6 is 24.0 Å². The van der Waals surface area contributed by atoms with Crippen molar-refractivity contribution in [1.82, 2.24) is 4.90 Å². The molecular formula is C11H16N2O2S2. The van der Waals surface area contributed by atoms with Crippen LogP contribution in [0.15, 0.2) is 16.3 Å². The summed E-state index contributed by atoms with van der Waals surface area (Å²) in [6, 6.07) is 1.70. The van der Waals surface area contributed by atoms with E-state index in [0.717, 1.165) is 17.7 Å². The maximum atomic E-state index is 12.1. The van der Waals surface area contributed by atoms with Crippen molar-refractivity contribution in [3.05, 3.63) is 16.3 Å². The summed E-state index contributed by atoms with van der Waals surface area (Å²) in [7, 11) is 0. The molecule has 1 aromatic rings. The maximum Gasteiger partial charge on any atom is 0.264 e. The van der Waals surface area contributed by atoms with Gasteiger partial charge in [0, 0.05) is 16.8 Å². The van der Waals surface area contributed by atoms with Crippen molar-refractivity contribution in [3.8, 4) is 0 Å². The van der Waals surface area contributed by atoms with Gasteiger partial charge in [-0.25, -0.2) is 0 Å². The number of unbranched alkanes of at least 4 members (excludes halogenated alkanes) is 1. The number of rotatable bonds is 6. The quantitative estimate of drug-likeness (QED) is 0.775. The molecule has 1 aromatic heterocycles. The van der Waals surface area contributed by atoms with Crippen molar-refractivity contribution in [3.63, 3.8) is 0 Å². The number of hydrogen-bond donors (Lipinski definition) is 2. The number of thiophene rings is 1. The third-order valence-electron chi connectivity index (χ3n) is 2.21. The summed E-state index contributed by atoms with van der Waals surface area (Å²) in [5.41, 5.74) is 5.14. The molecule has 0 saturated heterocycles. The van der Waals surface area contributed by atoms with Crippen LogP contribution in [-0.4, -0.2) is 29.8 Å². The topological polar surface area (TPSA) is 63.4 Å². The third kappa shape index (κ3) is 4.40. The van der Waals surface area contributed by atoms with E-state index in [-0.39, 0.29) is 12.5 Å². The zero-order valence-corrected chi connectivity index (χ0v) is 11.4. The number of carbonyl (C=O) groups excluding carboxylic acids is 2. The first-order chi connectivity index (χ1) is 8.04. The lowest BCUT2D eigenvalue weighted by Crippen LogP contribution is -2.38. The van der Waals surface area contributed by atoms with Crippen LogP contribution in [0, 0.1) is 0 Å². The summed E-state index contributed by atoms with van der Waals surface area (Å²) in [5.74, 6) is -0.639. The first-order valence-electron chi connectivity index (χ1n) is 5.39. The van der Waals surface area contributed by atoms with Crippen molar-refractivity contribution in [2.75, 3.05) is 13.1 Å². The summed E-state index contributed by atoms with van der Waals surface area (Å²) < 4.78 is 0. The molecule has 0 atom stereocenters. The van der Waals surface area contributed by atoms with Crippen LogP contribution in [0.5, 0.6) is 0 Å². The number of carbonyl (C=O) groups is 2. The van der Waals surface area contributed by atoms with E-state index in [0.29, 0.717) is 11.4 Å². The van der Waals surface area contributed by atoms with Gasteiger partial charge in [0.25, 0.3) is 5.91 Å². The molecule has 0 saturated carbocycles. The Morgan fingerprint density at radius 3 is 2.71 bits per heavy atom. The molecule has 0 radical (unpaired) electrons. The average molecular weight is 272 g/mol. The highest BCUT2D eigenvalue weighted by Gasteiger charge is 2.18. The molecular weight excluding hydrogens is 256 g/mol. The molecule has 0 aromatic carbocycles. The predicted octanol–water partition coefficient (Wildman–Crippen LogP) is 1.76. The Balaban J connectivity index is 2.74. The number of nitrogens with zero attached hydrogens (tertiary/aromatic N) is 1. The fourth-order valence-corrected chi connectivity index (χ4v) is 2.50. The van der Waals surface area contributed by atoms with Crippen LogP contribution in [0.3, 0.4) is 0 Å².